The molecule has 2 aliphatic heterocycles. The number of carbonyl (C=O) groups is 4. The van der Waals surface area contributed by atoms with Gasteiger partial charge in [0.2, 0.25) is 5.91 Å². The maximum Gasteiger partial charge on any atom is 1.00 e. The second-order valence-electron chi connectivity index (χ2n) is 10.1. The van der Waals surface area contributed by atoms with Gasteiger partial charge < -0.3 is 24.8 Å². The van der Waals surface area contributed by atoms with Crippen molar-refractivity contribution in [2.45, 2.75) is 37.1 Å². The van der Waals surface area contributed by atoms with Crippen molar-refractivity contribution in [2.75, 3.05) is 6.54 Å². The molecule has 0 saturated carbocycles. The molecule has 2 aliphatic rings. The molecule has 4 N–H and O–H groups in total. The third-order valence-electron chi connectivity index (χ3n) is 7.50. The molecule has 41 heavy (non-hydrogen) atoms. The smallest absolute Gasteiger partial charge is 0.778 e. The number of aliphatic carboxylic acids is 1. The van der Waals surface area contributed by atoms with Crippen LogP contribution in [0.25, 0.3) is 10.8 Å². The average molecular weight is 588 g/mol. The van der Waals surface area contributed by atoms with Crippen molar-refractivity contribution < 1.29 is 68.2 Å². The summed E-state index contributed by atoms with van der Waals surface area (Å²) < 4.78 is 12.2. The quantitative estimate of drug-likeness (QED) is 0.132. The van der Waals surface area contributed by atoms with Crippen LogP contribution in [0.1, 0.15) is 39.1 Å². The van der Waals surface area contributed by atoms with Gasteiger partial charge in [-0.1, -0.05) is 54.6 Å². The van der Waals surface area contributed by atoms with Gasteiger partial charge >= 0.3 is 35.5 Å². The first-order valence-corrected chi connectivity index (χ1v) is 14.4. The molecule has 13 heteroatoms. The maximum absolute atomic E-state index is 13.2. The van der Waals surface area contributed by atoms with E-state index in [4.69, 9.17) is 0 Å². The van der Waals surface area contributed by atoms with Crippen molar-refractivity contribution >= 4 is 42.1 Å². The molecule has 1 saturated heterocycles. The Balaban J connectivity index is 0.00000387. The molecule has 3 aromatic carbocycles. The molecule has 0 aromatic heterocycles. The zero-order valence-electron chi connectivity index (χ0n) is 22.2. The van der Waals surface area contributed by atoms with Crippen LogP contribution < -0.4 is 45.1 Å². The molecule has 11 nitrogen and oxygen atoms in total. The molecule has 0 aliphatic carbocycles. The van der Waals surface area contributed by atoms with Gasteiger partial charge in [-0.15, -0.1) is 0 Å². The van der Waals surface area contributed by atoms with E-state index >= 15 is 0 Å². The Morgan fingerprint density at radius 1 is 1.02 bits per heavy atom. The van der Waals surface area contributed by atoms with Gasteiger partial charge in [-0.05, 0) is 41.8 Å². The number of carbonyl (C=O) groups excluding carboxylic acids is 3. The molecule has 0 radical (unpaired) electrons. The van der Waals surface area contributed by atoms with E-state index in [1.807, 2.05) is 0 Å². The van der Waals surface area contributed by atoms with Gasteiger partial charge in [-0.25, -0.2) is 4.79 Å². The van der Waals surface area contributed by atoms with Crippen LogP contribution in [0, 0.1) is 5.92 Å². The number of hydrogen-bond acceptors (Lipinski definition) is 7. The van der Waals surface area contributed by atoms with E-state index in [9.17, 15) is 38.6 Å². The van der Waals surface area contributed by atoms with E-state index in [0.29, 0.717) is 22.1 Å². The number of carboxylic acid groups (broad SMARTS) is 1. The summed E-state index contributed by atoms with van der Waals surface area (Å²) in [5.74, 6) is -5.33. The topological polar surface area (TPSA) is 176 Å². The minimum atomic E-state index is -4.99. The Morgan fingerprint density at radius 2 is 1.63 bits per heavy atom. The van der Waals surface area contributed by atoms with E-state index in [-0.39, 0.29) is 55.4 Å². The standard InChI is InChI=1S/C28H28N3O8P.Na/c32-24(29-22(28(35)36)14-16-6-2-1-3-7-16)21-15-18(25(30-21)40(37,38)39)12-13-31-26(33)19-10-4-8-17-9-5-11-20(23(17)19)27(31)34;/h1-11,18,21-22,25,30H,12-15H2,(H,29,32)(H,35,36)(H2,37,38,39);/q;+1/p-1/t18-,21-,22+,25+;/m1./s1. The van der Waals surface area contributed by atoms with Crippen molar-refractivity contribution in [3.05, 3.63) is 83.4 Å². The Hall–Kier alpha value is -2.89. The first-order valence-electron chi connectivity index (χ1n) is 12.8. The van der Waals surface area contributed by atoms with E-state index in [1.165, 1.54) is 0 Å². The van der Waals surface area contributed by atoms with Crippen molar-refractivity contribution in [1.29, 1.82) is 0 Å². The zero-order chi connectivity index (χ0) is 28.6. The first-order chi connectivity index (χ1) is 19.0. The number of nitrogens with zero attached hydrogens (tertiary/aromatic N) is 1. The van der Waals surface area contributed by atoms with Crippen LogP contribution in [0.15, 0.2) is 66.7 Å². The summed E-state index contributed by atoms with van der Waals surface area (Å²) in [6, 6.07) is 16.7. The maximum atomic E-state index is 13.2. The molecule has 1 unspecified atom stereocenters. The normalized spacial score (nSPS) is 22.1. The largest absolute Gasteiger partial charge is 1.00 e. The molecule has 1 fully saturated rings. The summed E-state index contributed by atoms with van der Waals surface area (Å²) in [5.41, 5.74) is 1.42. The van der Waals surface area contributed by atoms with Crippen LogP contribution in [0.2, 0.25) is 0 Å². The Kier molecular flexibility index (Phi) is 9.50. The molecule has 208 valence electrons. The number of hydrogen-bond donors (Lipinski definition) is 4. The second kappa shape index (κ2) is 12.5. The van der Waals surface area contributed by atoms with Gasteiger partial charge in [0.1, 0.15) is 13.6 Å². The number of imide groups is 1. The van der Waals surface area contributed by atoms with Crippen molar-refractivity contribution in [3.63, 3.8) is 0 Å². The van der Waals surface area contributed by atoms with Gasteiger partial charge in [0, 0.05) is 29.5 Å². The monoisotopic (exact) mass is 587 g/mol. The van der Waals surface area contributed by atoms with Gasteiger partial charge in [0.25, 0.3) is 11.8 Å². The van der Waals surface area contributed by atoms with Crippen LogP contribution in [-0.2, 0) is 20.6 Å². The number of benzene rings is 3. The molecule has 5 rings (SSSR count). The van der Waals surface area contributed by atoms with Crippen LogP contribution in [-0.4, -0.2) is 63.0 Å². The third-order valence-corrected chi connectivity index (χ3v) is 8.78. The van der Waals surface area contributed by atoms with Crippen LogP contribution >= 0.6 is 7.60 Å². The molecule has 3 aromatic rings. The molecule has 3 amide bonds. The predicted octanol–water partition coefficient (Wildman–Crippen LogP) is -1.51. The van der Waals surface area contributed by atoms with Crippen molar-refractivity contribution in [1.82, 2.24) is 15.5 Å². The molecule has 0 spiro atoms. The van der Waals surface area contributed by atoms with Gasteiger partial charge in [-0.2, -0.15) is 0 Å². The molecule has 2 heterocycles. The summed E-state index contributed by atoms with van der Waals surface area (Å²) in [5, 5.41) is 16.0. The predicted molar refractivity (Wildman–Crippen MR) is 142 cm³/mol. The number of amides is 3. The summed E-state index contributed by atoms with van der Waals surface area (Å²) in [6.45, 7) is -0.134. The van der Waals surface area contributed by atoms with Gasteiger partial charge in [0.05, 0.1) is 11.8 Å². The Labute approximate surface area is 257 Å². The van der Waals surface area contributed by atoms with Crippen LogP contribution in [0.3, 0.4) is 0 Å². The Morgan fingerprint density at radius 3 is 2.20 bits per heavy atom. The summed E-state index contributed by atoms with van der Waals surface area (Å²) in [4.78, 5) is 74.3. The fraction of sp³-hybridized carbons (Fsp3) is 0.286. The molecule has 5 atom stereocenters. The van der Waals surface area contributed by atoms with Crippen LogP contribution in [0.4, 0.5) is 0 Å². The van der Waals surface area contributed by atoms with Crippen molar-refractivity contribution in [3.8, 4) is 0 Å². The summed E-state index contributed by atoms with van der Waals surface area (Å²) >= 11 is 0. The zero-order valence-corrected chi connectivity index (χ0v) is 25.1. The van der Waals surface area contributed by atoms with Crippen LogP contribution in [0.5, 0.6) is 0 Å². The van der Waals surface area contributed by atoms with Gasteiger partial charge in [-0.3, -0.25) is 24.6 Å². The first kappa shape index (κ1) is 31.1. The molecular formula is C28H27N3NaO8P. The van der Waals surface area contributed by atoms with Crippen molar-refractivity contribution in [2.24, 2.45) is 5.92 Å². The number of rotatable bonds is 9. The summed E-state index contributed by atoms with van der Waals surface area (Å²) in [7, 11) is -4.99. The molecule has 0 bridgehead atoms. The SMILES string of the molecule is O=C(O)[C@H](Cc1ccccc1)NC(=O)[C@H]1C[C@@H](CCN2C(=O)c3cccc4cccc(c34)C2=O)[C@H](P(=O)([O-])O)N1.[Na+]. The average Bonchev–Trinajstić information content (AvgIpc) is 3.37. The third kappa shape index (κ3) is 6.47. The fourth-order valence-electron chi connectivity index (χ4n) is 5.56. The van der Waals surface area contributed by atoms with E-state index in [1.54, 1.807) is 66.7 Å². The van der Waals surface area contributed by atoms with E-state index in [0.717, 1.165) is 10.3 Å². The molecular weight excluding hydrogens is 560 g/mol. The fourth-order valence-corrected chi connectivity index (χ4v) is 6.73. The summed E-state index contributed by atoms with van der Waals surface area (Å²) in [6.07, 6.45) is -0.0332. The second-order valence-corrected chi connectivity index (χ2v) is 11.8. The van der Waals surface area contributed by atoms with E-state index in [2.05, 4.69) is 10.6 Å². The number of nitrogens with one attached hydrogen (secondary N) is 2. The number of carboxylic acids is 1. The Bertz CT molecular complexity index is 1500. The minimum Gasteiger partial charge on any atom is -0.778 e. The minimum absolute atomic E-state index is 0. The van der Waals surface area contributed by atoms with E-state index < -0.39 is 55.1 Å². The van der Waals surface area contributed by atoms with Gasteiger partial charge in [0.15, 0.2) is 0 Å².